The zero-order chi connectivity index (χ0) is 23.1. The van der Waals surface area contributed by atoms with Gasteiger partial charge in [0.15, 0.2) is 0 Å². The van der Waals surface area contributed by atoms with E-state index in [1.165, 1.54) is 18.2 Å². The number of alkyl halides is 3. The molecule has 0 aliphatic carbocycles. The lowest BCUT2D eigenvalue weighted by Crippen LogP contribution is -2.35. The van der Waals surface area contributed by atoms with Crippen LogP contribution in [0.1, 0.15) is 27.5 Å². The highest BCUT2D eigenvalue weighted by atomic mass is 19.4. The van der Waals surface area contributed by atoms with Crippen LogP contribution in [0.15, 0.2) is 78.9 Å². The third kappa shape index (κ3) is 5.86. The van der Waals surface area contributed by atoms with Gasteiger partial charge in [-0.05, 0) is 35.9 Å². The lowest BCUT2D eigenvalue weighted by atomic mass is 10.1. The first-order valence-electron chi connectivity index (χ1n) is 9.59. The molecule has 1 atom stereocenters. The number of carbonyl (C=O) groups is 2. The maximum atomic E-state index is 13.6. The topological polar surface area (TPSA) is 90.5 Å². The quantitative estimate of drug-likeness (QED) is 0.441. The molecular formula is C23H20F3N3O3. The summed E-state index contributed by atoms with van der Waals surface area (Å²) in [6, 6.07) is 17.9. The van der Waals surface area contributed by atoms with Crippen molar-refractivity contribution in [1.29, 1.82) is 0 Å². The van der Waals surface area contributed by atoms with Gasteiger partial charge in [-0.2, -0.15) is 13.2 Å². The van der Waals surface area contributed by atoms with Crippen molar-refractivity contribution in [3.63, 3.8) is 0 Å². The number of anilines is 2. The Bertz CT molecular complexity index is 1070. The Balaban J connectivity index is 1.77. The van der Waals surface area contributed by atoms with Gasteiger partial charge >= 0.3 is 12.2 Å². The largest absolute Gasteiger partial charge is 0.418 e. The van der Waals surface area contributed by atoms with Gasteiger partial charge in [-0.15, -0.1) is 0 Å². The van der Waals surface area contributed by atoms with E-state index in [4.69, 9.17) is 0 Å². The monoisotopic (exact) mass is 443 g/mol. The first kappa shape index (κ1) is 22.8. The van der Waals surface area contributed by atoms with E-state index in [-0.39, 0.29) is 5.69 Å². The third-order valence-corrected chi connectivity index (χ3v) is 4.56. The smallest absolute Gasteiger partial charge is 0.394 e. The molecule has 0 bridgehead atoms. The van der Waals surface area contributed by atoms with Crippen LogP contribution in [0.4, 0.5) is 29.3 Å². The number of halogens is 3. The van der Waals surface area contributed by atoms with Crippen LogP contribution in [-0.2, 0) is 6.18 Å². The van der Waals surface area contributed by atoms with Crippen LogP contribution in [0.25, 0.3) is 0 Å². The average Bonchev–Trinajstić information content (AvgIpc) is 2.79. The fraction of sp³-hybridized carbons (Fsp3) is 0.130. The second kappa shape index (κ2) is 9.97. The molecule has 0 aliphatic heterocycles. The molecule has 3 amide bonds. The highest BCUT2D eigenvalue weighted by molar-refractivity contribution is 6.04. The number of aliphatic hydroxyl groups excluding tert-OH is 1. The summed E-state index contributed by atoms with van der Waals surface area (Å²) < 4.78 is 40.8. The van der Waals surface area contributed by atoms with Gasteiger partial charge in [0.05, 0.1) is 23.9 Å². The molecule has 9 heteroatoms. The number of benzene rings is 3. The zero-order valence-corrected chi connectivity index (χ0v) is 16.7. The lowest BCUT2D eigenvalue weighted by Gasteiger charge is -2.19. The van der Waals surface area contributed by atoms with Gasteiger partial charge in [0.2, 0.25) is 0 Å². The third-order valence-electron chi connectivity index (χ3n) is 4.56. The molecule has 3 aromatic carbocycles. The second-order valence-corrected chi connectivity index (χ2v) is 6.82. The van der Waals surface area contributed by atoms with E-state index in [0.29, 0.717) is 11.1 Å². The van der Waals surface area contributed by atoms with Crippen LogP contribution >= 0.6 is 0 Å². The highest BCUT2D eigenvalue weighted by Crippen LogP contribution is 2.36. The molecule has 0 saturated carbocycles. The van der Waals surface area contributed by atoms with Crippen LogP contribution in [0.5, 0.6) is 0 Å². The molecule has 0 heterocycles. The maximum Gasteiger partial charge on any atom is 0.418 e. The van der Waals surface area contributed by atoms with Gasteiger partial charge in [-0.3, -0.25) is 4.79 Å². The normalized spacial score (nSPS) is 12.0. The molecule has 3 aromatic rings. The van der Waals surface area contributed by atoms with E-state index in [0.717, 1.165) is 12.1 Å². The first-order chi connectivity index (χ1) is 15.3. The van der Waals surface area contributed by atoms with Crippen molar-refractivity contribution < 1.29 is 27.9 Å². The summed E-state index contributed by atoms with van der Waals surface area (Å²) in [5, 5.41) is 16.6. The summed E-state index contributed by atoms with van der Waals surface area (Å²) in [5.74, 6) is -0.564. The van der Waals surface area contributed by atoms with Crippen molar-refractivity contribution in [3.8, 4) is 0 Å². The van der Waals surface area contributed by atoms with Crippen LogP contribution in [0.2, 0.25) is 0 Å². The fourth-order valence-corrected chi connectivity index (χ4v) is 2.99. The van der Waals surface area contributed by atoms with E-state index in [2.05, 4.69) is 16.0 Å². The molecule has 0 spiro atoms. The van der Waals surface area contributed by atoms with Crippen molar-refractivity contribution in [1.82, 2.24) is 5.32 Å². The maximum absolute atomic E-state index is 13.6. The summed E-state index contributed by atoms with van der Waals surface area (Å²) in [6.07, 6.45) is -4.79. The Morgan fingerprint density at radius 1 is 0.875 bits per heavy atom. The summed E-state index contributed by atoms with van der Waals surface area (Å²) in [5.41, 5.74) is -0.801. The van der Waals surface area contributed by atoms with Crippen molar-refractivity contribution in [2.24, 2.45) is 0 Å². The van der Waals surface area contributed by atoms with Crippen molar-refractivity contribution >= 4 is 23.3 Å². The Labute approximate surface area is 182 Å². The van der Waals surface area contributed by atoms with E-state index >= 15 is 0 Å². The lowest BCUT2D eigenvalue weighted by molar-refractivity contribution is -0.136. The Kier molecular flexibility index (Phi) is 7.11. The van der Waals surface area contributed by atoms with E-state index < -0.39 is 42.0 Å². The minimum Gasteiger partial charge on any atom is -0.394 e. The summed E-state index contributed by atoms with van der Waals surface area (Å²) in [7, 11) is 0. The molecule has 1 unspecified atom stereocenters. The number of nitrogens with one attached hydrogen (secondary N) is 3. The Morgan fingerprint density at radius 3 is 2.09 bits per heavy atom. The number of urea groups is 1. The number of aliphatic hydroxyl groups is 1. The predicted octanol–water partition coefficient (Wildman–Crippen LogP) is 4.81. The minimum absolute atomic E-state index is 0.0744. The molecule has 0 fully saturated rings. The predicted molar refractivity (Wildman–Crippen MR) is 114 cm³/mol. The summed E-state index contributed by atoms with van der Waals surface area (Å²) in [6.45, 7) is -0.436. The van der Waals surface area contributed by atoms with Gasteiger partial charge in [-0.25, -0.2) is 4.79 Å². The number of carbonyl (C=O) groups excluding carboxylic acids is 2. The standard InChI is InChI=1S/C23H20F3N3O3/c24-23(25,26)18-13-17(27-21(31)16-9-5-2-6-10-16)11-12-19(18)28-22(32)29-20(14-30)15-7-3-1-4-8-15/h1-13,20,30H,14H2,(H,27,31)(H2,28,29,32). The van der Waals surface area contributed by atoms with Crippen LogP contribution in [-0.4, -0.2) is 23.7 Å². The van der Waals surface area contributed by atoms with Gasteiger partial charge in [-0.1, -0.05) is 48.5 Å². The zero-order valence-electron chi connectivity index (χ0n) is 16.7. The van der Waals surface area contributed by atoms with Crippen LogP contribution in [0, 0.1) is 0 Å². The molecule has 0 aliphatic rings. The van der Waals surface area contributed by atoms with E-state index in [1.54, 1.807) is 48.5 Å². The van der Waals surface area contributed by atoms with E-state index in [9.17, 15) is 27.9 Å². The number of rotatable bonds is 6. The number of amides is 3. The van der Waals surface area contributed by atoms with Gasteiger partial charge < -0.3 is 21.1 Å². The molecule has 3 rings (SSSR count). The minimum atomic E-state index is -4.79. The average molecular weight is 443 g/mol. The molecule has 0 saturated heterocycles. The van der Waals surface area contributed by atoms with Crippen LogP contribution < -0.4 is 16.0 Å². The molecule has 166 valence electrons. The highest BCUT2D eigenvalue weighted by Gasteiger charge is 2.34. The molecule has 0 radical (unpaired) electrons. The number of hydrogen-bond acceptors (Lipinski definition) is 3. The van der Waals surface area contributed by atoms with Crippen molar-refractivity contribution in [2.45, 2.75) is 12.2 Å². The molecule has 0 aromatic heterocycles. The summed E-state index contributed by atoms with van der Waals surface area (Å²) >= 11 is 0. The fourth-order valence-electron chi connectivity index (χ4n) is 2.99. The van der Waals surface area contributed by atoms with Gasteiger partial charge in [0, 0.05) is 11.3 Å². The molecular weight excluding hydrogens is 423 g/mol. The van der Waals surface area contributed by atoms with Crippen molar-refractivity contribution in [2.75, 3.05) is 17.2 Å². The van der Waals surface area contributed by atoms with Crippen LogP contribution in [0.3, 0.4) is 0 Å². The van der Waals surface area contributed by atoms with Crippen molar-refractivity contribution in [3.05, 3.63) is 95.6 Å². The number of hydrogen-bond donors (Lipinski definition) is 4. The van der Waals surface area contributed by atoms with Gasteiger partial charge in [0.1, 0.15) is 0 Å². The second-order valence-electron chi connectivity index (χ2n) is 6.82. The molecule has 6 nitrogen and oxygen atoms in total. The van der Waals surface area contributed by atoms with Gasteiger partial charge in [0.25, 0.3) is 5.91 Å². The Hall–Kier alpha value is -3.85. The SMILES string of the molecule is O=C(Nc1ccc(NC(=O)c2ccccc2)cc1C(F)(F)F)NC(CO)c1ccccc1. The van der Waals surface area contributed by atoms with E-state index in [1.807, 2.05) is 0 Å². The molecule has 32 heavy (non-hydrogen) atoms. The molecule has 4 N–H and O–H groups in total. The first-order valence-corrected chi connectivity index (χ1v) is 9.59. The Morgan fingerprint density at radius 2 is 1.50 bits per heavy atom. The summed E-state index contributed by atoms with van der Waals surface area (Å²) in [4.78, 5) is 24.5.